The third kappa shape index (κ3) is 14.4. The number of amides is 2. The van der Waals surface area contributed by atoms with Crippen LogP contribution in [0.1, 0.15) is 49.9 Å². The van der Waals surface area contributed by atoms with Crippen LogP contribution in [0.5, 0.6) is 0 Å². The number of pyridine rings is 1. The molecule has 6 atom stereocenters. The first-order valence-corrected chi connectivity index (χ1v) is 16.8. The highest BCUT2D eigenvalue weighted by Gasteiger charge is 2.32. The lowest BCUT2D eigenvalue weighted by atomic mass is 10.1. The Kier molecular flexibility index (Phi) is 18.5. The fourth-order valence-corrected chi connectivity index (χ4v) is 5.56. The Labute approximate surface area is 299 Å². The summed E-state index contributed by atoms with van der Waals surface area (Å²) in [4.78, 5) is 80.4. The molecule has 1 aliphatic heterocycles. The van der Waals surface area contributed by atoms with Gasteiger partial charge in [-0.25, -0.2) is 9.59 Å². The van der Waals surface area contributed by atoms with E-state index in [1.165, 1.54) is 0 Å². The molecule has 1 aromatic rings. The van der Waals surface area contributed by atoms with Gasteiger partial charge in [0.25, 0.3) is 11.8 Å². The highest BCUT2D eigenvalue weighted by Crippen LogP contribution is 2.18. The summed E-state index contributed by atoms with van der Waals surface area (Å²) < 4.78 is 0. The Morgan fingerprint density at radius 3 is 1.35 bits per heavy atom. The van der Waals surface area contributed by atoms with Crippen molar-refractivity contribution in [1.82, 2.24) is 30.3 Å². The van der Waals surface area contributed by atoms with Crippen LogP contribution in [0.2, 0.25) is 0 Å². The minimum atomic E-state index is -2.27. The summed E-state index contributed by atoms with van der Waals surface area (Å²) in [5, 5.41) is 80.3. The molecular formula is C32H50N6O14. The molecule has 0 fully saturated rings. The summed E-state index contributed by atoms with van der Waals surface area (Å²) in [6.07, 6.45) is -7.06. The number of nitrogens with zero attached hydrogens (tertiary/aromatic N) is 4. The number of fused-ring (bicyclic) bond motifs is 2. The van der Waals surface area contributed by atoms with Gasteiger partial charge < -0.3 is 56.4 Å². The molecule has 20 nitrogen and oxygen atoms in total. The van der Waals surface area contributed by atoms with Crippen LogP contribution >= 0.6 is 0 Å². The molecule has 0 saturated heterocycles. The quantitative estimate of drug-likeness (QED) is 0.0586. The smallest absolute Gasteiger partial charge is 0.335 e. The van der Waals surface area contributed by atoms with Crippen LogP contribution in [0.3, 0.4) is 0 Å². The van der Waals surface area contributed by atoms with Gasteiger partial charge in [0.2, 0.25) is 0 Å². The van der Waals surface area contributed by atoms with E-state index in [4.69, 9.17) is 15.2 Å². The van der Waals surface area contributed by atoms with E-state index >= 15 is 0 Å². The van der Waals surface area contributed by atoms with E-state index in [1.54, 1.807) is 28.0 Å². The zero-order chi connectivity index (χ0) is 39.0. The van der Waals surface area contributed by atoms with Crippen LogP contribution in [0.4, 0.5) is 0 Å². The molecule has 52 heavy (non-hydrogen) atoms. The number of aliphatic hydroxyl groups excluding tert-OH is 4. The number of likely N-dealkylation sites (N-methyl/N-ethyl adjacent to an activating group) is 1. The number of hydrogen-bond acceptors (Lipinski definition) is 14. The van der Waals surface area contributed by atoms with Crippen LogP contribution in [0.15, 0.2) is 18.2 Å². The van der Waals surface area contributed by atoms with E-state index in [-0.39, 0.29) is 39.0 Å². The number of carboxylic acids is 4. The van der Waals surface area contributed by atoms with Crippen molar-refractivity contribution in [3.8, 4) is 0 Å². The van der Waals surface area contributed by atoms with Crippen molar-refractivity contribution < 1.29 is 69.6 Å². The normalized spacial score (nSPS) is 18.3. The number of rotatable bonds is 20. The Hall–Kier alpha value is -4.31. The van der Waals surface area contributed by atoms with Crippen molar-refractivity contribution >= 4 is 35.7 Å². The van der Waals surface area contributed by atoms with E-state index in [2.05, 4.69) is 10.6 Å². The predicted molar refractivity (Wildman–Crippen MR) is 178 cm³/mol. The van der Waals surface area contributed by atoms with Crippen LogP contribution in [-0.4, -0.2) is 179 Å². The van der Waals surface area contributed by atoms with Gasteiger partial charge in [-0.1, -0.05) is 6.07 Å². The highest BCUT2D eigenvalue weighted by atomic mass is 16.4. The number of aromatic nitrogens is 1. The average molecular weight is 743 g/mol. The third-order valence-electron chi connectivity index (χ3n) is 8.63. The average Bonchev–Trinajstić information content (AvgIpc) is 3.09. The Morgan fingerprint density at radius 2 is 1.00 bits per heavy atom. The van der Waals surface area contributed by atoms with Gasteiger partial charge in [-0.05, 0) is 57.7 Å². The highest BCUT2D eigenvalue weighted by molar-refractivity contribution is 5.88. The number of aliphatic carboxylic acids is 4. The molecule has 2 rings (SSSR count). The summed E-state index contributed by atoms with van der Waals surface area (Å²) in [6.45, 7) is 1.96. The molecule has 0 spiro atoms. The molecular weight excluding hydrogens is 692 g/mol. The zero-order valence-corrected chi connectivity index (χ0v) is 28.9. The number of unbranched alkanes of at least 4 members (excludes halogenated alkanes) is 2. The number of carbonyl (C=O) groups excluding carboxylic acids is 2. The number of carboxylic acid groups (broad SMARTS) is 4. The molecule has 0 aromatic carbocycles. The maximum Gasteiger partial charge on any atom is 0.335 e. The van der Waals surface area contributed by atoms with Gasteiger partial charge in [-0.15, -0.1) is 0 Å². The lowest BCUT2D eigenvalue weighted by molar-refractivity contribution is -0.158. The zero-order valence-electron chi connectivity index (χ0n) is 28.9. The summed E-state index contributed by atoms with van der Waals surface area (Å²) >= 11 is 0. The molecule has 0 aliphatic carbocycles. The minimum absolute atomic E-state index is 0.0229. The lowest BCUT2D eigenvalue weighted by Crippen LogP contribution is -2.47. The Balaban J connectivity index is 2.05. The summed E-state index contributed by atoms with van der Waals surface area (Å²) in [6, 6.07) is 3.42. The van der Waals surface area contributed by atoms with Gasteiger partial charge in [0.1, 0.15) is 12.1 Å². The first-order chi connectivity index (χ1) is 24.5. The first-order valence-electron chi connectivity index (χ1n) is 16.8. The van der Waals surface area contributed by atoms with Gasteiger partial charge in [0.15, 0.2) is 24.4 Å². The molecule has 2 amide bonds. The monoisotopic (exact) mass is 742 g/mol. The Bertz CT molecular complexity index is 1270. The van der Waals surface area contributed by atoms with E-state index in [0.29, 0.717) is 63.3 Å². The molecule has 0 saturated carbocycles. The van der Waals surface area contributed by atoms with Crippen LogP contribution < -0.4 is 10.6 Å². The number of nitrogens with one attached hydrogen (secondary N) is 2. The van der Waals surface area contributed by atoms with Gasteiger partial charge in [-0.3, -0.25) is 34.0 Å². The standard InChI is InChI=1S/C32H50N6O14/c1-36-13-15-37(21(29(45)46)9-2-4-11-33-27(43)23(39)25(41)31(49)50)17-19-7-6-8-20(35-19)18-38(16-14-36)22(30(47)48)10-3-5-12-34-28(44)24(40)26(42)32(51)52/h6-8,21-26,39-42H,2-5,9-18H2,1H3,(H,33,43)(H,34,44)(H,45,46)(H,47,48)(H,49,50)(H,51,52)/t21?,22?,23-,24-,25-,26-/m1/s1. The van der Waals surface area contributed by atoms with Crippen LogP contribution in [-0.2, 0) is 41.9 Å². The van der Waals surface area contributed by atoms with E-state index in [1.807, 2.05) is 11.9 Å². The van der Waals surface area contributed by atoms with Crippen molar-refractivity contribution in [2.75, 3.05) is 46.3 Å². The van der Waals surface area contributed by atoms with E-state index in [9.17, 15) is 59.4 Å². The Morgan fingerprint density at radius 1 is 0.615 bits per heavy atom. The van der Waals surface area contributed by atoms with Crippen molar-refractivity contribution in [3.05, 3.63) is 29.6 Å². The molecule has 0 radical (unpaired) electrons. The minimum Gasteiger partial charge on any atom is -0.480 e. The van der Waals surface area contributed by atoms with Crippen LogP contribution in [0, 0.1) is 0 Å². The molecule has 2 unspecified atom stereocenters. The summed E-state index contributed by atoms with van der Waals surface area (Å²) in [7, 11) is 1.84. The molecule has 1 aromatic heterocycles. The fraction of sp³-hybridized carbons (Fsp3) is 0.656. The SMILES string of the molecule is CN1CCN(C(CCCCNC(=O)[C@H](O)[C@@H](O)C(=O)O)C(=O)O)Cc2cccc(n2)CN(C(CCCCNC(=O)[C@H](O)[C@@H](O)C(=O)O)C(=O)O)CC1. The predicted octanol–water partition coefficient (Wildman–Crippen LogP) is -3.28. The van der Waals surface area contributed by atoms with E-state index < -0.39 is 72.2 Å². The van der Waals surface area contributed by atoms with Crippen molar-refractivity contribution in [2.45, 2.75) is 88.1 Å². The fourth-order valence-electron chi connectivity index (χ4n) is 5.56. The number of carbonyl (C=O) groups is 6. The third-order valence-corrected chi connectivity index (χ3v) is 8.63. The molecule has 1 aliphatic rings. The van der Waals surface area contributed by atoms with Gasteiger partial charge in [0.05, 0.1) is 11.4 Å². The second-order valence-electron chi connectivity index (χ2n) is 12.6. The van der Waals surface area contributed by atoms with Gasteiger partial charge in [0, 0.05) is 52.4 Å². The lowest BCUT2D eigenvalue weighted by Gasteiger charge is -2.34. The molecule has 2 bridgehead atoms. The van der Waals surface area contributed by atoms with Crippen molar-refractivity contribution in [1.29, 1.82) is 0 Å². The second kappa shape index (κ2) is 21.9. The van der Waals surface area contributed by atoms with Gasteiger partial charge >= 0.3 is 23.9 Å². The first kappa shape index (κ1) is 43.9. The van der Waals surface area contributed by atoms with Gasteiger partial charge in [-0.2, -0.15) is 0 Å². The topological polar surface area (TPSA) is 311 Å². The second-order valence-corrected chi connectivity index (χ2v) is 12.6. The molecule has 2 heterocycles. The largest absolute Gasteiger partial charge is 0.480 e. The van der Waals surface area contributed by atoms with Crippen molar-refractivity contribution in [2.24, 2.45) is 0 Å². The van der Waals surface area contributed by atoms with Crippen molar-refractivity contribution in [3.63, 3.8) is 0 Å². The summed E-state index contributed by atoms with van der Waals surface area (Å²) in [5.74, 6) is -7.73. The number of aliphatic hydroxyl groups is 4. The van der Waals surface area contributed by atoms with E-state index in [0.717, 1.165) is 0 Å². The van der Waals surface area contributed by atoms with Crippen LogP contribution in [0.25, 0.3) is 0 Å². The molecule has 292 valence electrons. The maximum absolute atomic E-state index is 12.4. The molecule has 10 N–H and O–H groups in total. The maximum atomic E-state index is 12.4. The summed E-state index contributed by atoms with van der Waals surface area (Å²) in [5.41, 5.74) is 1.14. The molecule has 20 heteroatoms. The number of hydrogen-bond donors (Lipinski definition) is 10.